The van der Waals surface area contributed by atoms with Crippen molar-refractivity contribution in [1.82, 2.24) is 9.97 Å². The van der Waals surface area contributed by atoms with Crippen molar-refractivity contribution < 1.29 is 19.0 Å². The van der Waals surface area contributed by atoms with Gasteiger partial charge in [-0.2, -0.15) is 4.98 Å². The zero-order chi connectivity index (χ0) is 14.5. The topological polar surface area (TPSA) is 70.5 Å². The lowest BCUT2D eigenvalue weighted by Crippen LogP contribution is -2.10. The maximum Gasteiger partial charge on any atom is 0.360 e. The molecule has 0 saturated heterocycles. The van der Waals surface area contributed by atoms with Gasteiger partial charge >= 0.3 is 5.97 Å². The second-order valence-electron chi connectivity index (χ2n) is 3.80. The summed E-state index contributed by atoms with van der Waals surface area (Å²) in [6.45, 7) is 0. The van der Waals surface area contributed by atoms with Crippen molar-refractivity contribution in [2.24, 2.45) is 0 Å². The van der Waals surface area contributed by atoms with E-state index in [0.29, 0.717) is 5.82 Å². The second-order valence-corrected chi connectivity index (χ2v) is 3.80. The SMILES string of the molecule is COC(=O)c1nc(-c2ccccc2)nc(OC)c1OC. The number of aromatic nitrogens is 2. The van der Waals surface area contributed by atoms with Gasteiger partial charge in [-0.05, 0) is 0 Å². The Kier molecular flexibility index (Phi) is 4.14. The lowest BCUT2D eigenvalue weighted by atomic mass is 10.2. The molecule has 20 heavy (non-hydrogen) atoms. The summed E-state index contributed by atoms with van der Waals surface area (Å²) in [5.74, 6) is 0.0872. The van der Waals surface area contributed by atoms with Gasteiger partial charge in [0.1, 0.15) is 0 Å². The van der Waals surface area contributed by atoms with Crippen LogP contribution in [0.4, 0.5) is 0 Å². The zero-order valence-electron chi connectivity index (χ0n) is 11.4. The van der Waals surface area contributed by atoms with Crippen molar-refractivity contribution >= 4 is 5.97 Å². The van der Waals surface area contributed by atoms with Crippen molar-refractivity contribution in [2.45, 2.75) is 0 Å². The molecular formula is C14H14N2O4. The van der Waals surface area contributed by atoms with Crippen LogP contribution in [-0.2, 0) is 4.74 Å². The van der Waals surface area contributed by atoms with Gasteiger partial charge in [-0.1, -0.05) is 30.3 Å². The van der Waals surface area contributed by atoms with Crippen molar-refractivity contribution in [2.75, 3.05) is 21.3 Å². The number of nitrogens with zero attached hydrogens (tertiary/aromatic N) is 2. The van der Waals surface area contributed by atoms with Crippen LogP contribution in [0, 0.1) is 0 Å². The lowest BCUT2D eigenvalue weighted by molar-refractivity contribution is 0.0589. The minimum Gasteiger partial charge on any atom is -0.489 e. The van der Waals surface area contributed by atoms with Crippen LogP contribution in [0.3, 0.4) is 0 Å². The fourth-order valence-electron chi connectivity index (χ4n) is 1.70. The molecule has 0 spiro atoms. The van der Waals surface area contributed by atoms with Gasteiger partial charge in [0.15, 0.2) is 11.5 Å². The van der Waals surface area contributed by atoms with E-state index in [9.17, 15) is 4.79 Å². The van der Waals surface area contributed by atoms with E-state index in [1.54, 1.807) is 0 Å². The fourth-order valence-corrected chi connectivity index (χ4v) is 1.70. The minimum absolute atomic E-state index is 0.0284. The van der Waals surface area contributed by atoms with Crippen LogP contribution in [0.1, 0.15) is 10.5 Å². The molecule has 0 fully saturated rings. The lowest BCUT2D eigenvalue weighted by Gasteiger charge is -2.11. The molecule has 6 heteroatoms. The molecule has 104 valence electrons. The number of methoxy groups -OCH3 is 3. The molecule has 1 aromatic heterocycles. The zero-order valence-corrected chi connectivity index (χ0v) is 11.4. The first-order valence-electron chi connectivity index (χ1n) is 5.85. The Morgan fingerprint density at radius 3 is 2.25 bits per heavy atom. The van der Waals surface area contributed by atoms with Crippen LogP contribution in [-0.4, -0.2) is 37.3 Å². The van der Waals surface area contributed by atoms with Crippen LogP contribution in [0.25, 0.3) is 11.4 Å². The smallest absolute Gasteiger partial charge is 0.360 e. The Bertz CT molecular complexity index is 614. The average Bonchev–Trinajstić information content (AvgIpc) is 2.53. The summed E-state index contributed by atoms with van der Waals surface area (Å²) < 4.78 is 15.0. The van der Waals surface area contributed by atoms with Crippen molar-refractivity contribution in [3.05, 3.63) is 36.0 Å². The molecule has 0 aliphatic rings. The molecule has 1 aromatic carbocycles. The predicted octanol–water partition coefficient (Wildman–Crippen LogP) is 1.95. The molecule has 0 N–H and O–H groups in total. The van der Waals surface area contributed by atoms with E-state index in [1.807, 2.05) is 30.3 Å². The van der Waals surface area contributed by atoms with Gasteiger partial charge in [-0.25, -0.2) is 9.78 Å². The third-order valence-corrected chi connectivity index (χ3v) is 2.64. The van der Waals surface area contributed by atoms with Gasteiger partial charge < -0.3 is 14.2 Å². The van der Waals surface area contributed by atoms with E-state index in [1.165, 1.54) is 21.3 Å². The number of hydrogen-bond donors (Lipinski definition) is 0. The Hall–Kier alpha value is -2.63. The Balaban J connectivity index is 2.64. The highest BCUT2D eigenvalue weighted by Gasteiger charge is 2.22. The molecule has 0 atom stereocenters. The highest BCUT2D eigenvalue weighted by Crippen LogP contribution is 2.30. The van der Waals surface area contributed by atoms with Crippen molar-refractivity contribution in [1.29, 1.82) is 0 Å². The molecule has 0 aliphatic carbocycles. The number of carbonyl (C=O) groups is 1. The number of ether oxygens (including phenoxy) is 3. The van der Waals surface area contributed by atoms with Gasteiger partial charge in [0, 0.05) is 5.56 Å². The molecule has 2 aromatic rings. The molecular weight excluding hydrogens is 260 g/mol. The molecule has 2 rings (SSSR count). The van der Waals surface area contributed by atoms with E-state index in [-0.39, 0.29) is 17.3 Å². The number of hydrogen-bond acceptors (Lipinski definition) is 6. The maximum atomic E-state index is 11.8. The monoisotopic (exact) mass is 274 g/mol. The van der Waals surface area contributed by atoms with Gasteiger partial charge in [0.05, 0.1) is 21.3 Å². The largest absolute Gasteiger partial charge is 0.489 e. The minimum atomic E-state index is -0.611. The van der Waals surface area contributed by atoms with E-state index in [0.717, 1.165) is 5.56 Å². The molecule has 0 radical (unpaired) electrons. The summed E-state index contributed by atoms with van der Waals surface area (Å²) in [5.41, 5.74) is 0.791. The summed E-state index contributed by atoms with van der Waals surface area (Å²) >= 11 is 0. The summed E-state index contributed by atoms with van der Waals surface area (Å²) in [5, 5.41) is 0. The van der Waals surface area contributed by atoms with E-state index in [2.05, 4.69) is 9.97 Å². The third-order valence-electron chi connectivity index (χ3n) is 2.64. The molecule has 0 aliphatic heterocycles. The molecule has 0 bridgehead atoms. The fraction of sp³-hybridized carbons (Fsp3) is 0.214. The standard InChI is InChI=1S/C14H14N2O4/c1-18-11-10(14(17)20-3)15-12(16-13(11)19-2)9-7-5-4-6-8-9/h4-8H,1-3H3. The highest BCUT2D eigenvalue weighted by atomic mass is 16.5. The summed E-state index contributed by atoms with van der Waals surface area (Å²) in [6, 6.07) is 9.26. The predicted molar refractivity (Wildman–Crippen MR) is 71.9 cm³/mol. The Morgan fingerprint density at radius 2 is 1.70 bits per heavy atom. The van der Waals surface area contributed by atoms with E-state index < -0.39 is 5.97 Å². The Morgan fingerprint density at radius 1 is 1.00 bits per heavy atom. The molecule has 0 amide bonds. The van der Waals surface area contributed by atoms with Crippen molar-refractivity contribution in [3.8, 4) is 23.0 Å². The van der Waals surface area contributed by atoms with E-state index >= 15 is 0 Å². The Labute approximate surface area is 116 Å². The number of benzene rings is 1. The summed E-state index contributed by atoms with van der Waals surface area (Å²) in [7, 11) is 4.13. The van der Waals surface area contributed by atoms with Crippen molar-refractivity contribution in [3.63, 3.8) is 0 Å². The number of carbonyl (C=O) groups excluding carboxylic acids is 1. The van der Waals surface area contributed by atoms with Gasteiger partial charge in [0.25, 0.3) is 5.88 Å². The van der Waals surface area contributed by atoms with Crippen LogP contribution >= 0.6 is 0 Å². The van der Waals surface area contributed by atoms with Gasteiger partial charge in [0.2, 0.25) is 5.75 Å². The maximum absolute atomic E-state index is 11.8. The quantitative estimate of drug-likeness (QED) is 0.794. The third kappa shape index (κ3) is 2.54. The number of esters is 1. The molecule has 0 unspecified atom stereocenters. The first-order valence-corrected chi connectivity index (χ1v) is 5.85. The molecule has 1 heterocycles. The summed E-state index contributed by atoms with van der Waals surface area (Å²) in [6.07, 6.45) is 0. The van der Waals surface area contributed by atoms with Gasteiger partial charge in [-0.15, -0.1) is 0 Å². The molecule has 0 saturated carbocycles. The van der Waals surface area contributed by atoms with E-state index in [4.69, 9.17) is 14.2 Å². The van der Waals surface area contributed by atoms with Crippen LogP contribution in [0.5, 0.6) is 11.6 Å². The number of rotatable bonds is 4. The normalized spacial score (nSPS) is 9.95. The second kappa shape index (κ2) is 6.01. The van der Waals surface area contributed by atoms with Gasteiger partial charge in [-0.3, -0.25) is 0 Å². The first kappa shape index (κ1) is 13.8. The first-order chi connectivity index (χ1) is 9.71. The van der Waals surface area contributed by atoms with Crippen LogP contribution in [0.2, 0.25) is 0 Å². The van der Waals surface area contributed by atoms with Crippen LogP contribution < -0.4 is 9.47 Å². The average molecular weight is 274 g/mol. The molecule has 6 nitrogen and oxygen atoms in total. The highest BCUT2D eigenvalue weighted by molar-refractivity contribution is 5.91. The van der Waals surface area contributed by atoms with Crippen LogP contribution in [0.15, 0.2) is 30.3 Å². The summed E-state index contributed by atoms with van der Waals surface area (Å²) in [4.78, 5) is 20.2.